The lowest BCUT2D eigenvalue weighted by atomic mass is 9.92. The smallest absolute Gasteiger partial charge is 0.311 e. The first-order valence-electron chi connectivity index (χ1n) is 7.12. The normalized spacial score (nSPS) is 18.2. The number of hydrogen-bond acceptors (Lipinski definition) is 6. The van der Waals surface area contributed by atoms with Gasteiger partial charge >= 0.3 is 5.69 Å². The number of para-hydroxylation sites is 1. The van der Waals surface area contributed by atoms with E-state index in [1.165, 1.54) is 12.1 Å². The Hall–Kier alpha value is -1.67. The zero-order valence-corrected chi connectivity index (χ0v) is 13.4. The molecule has 1 aromatic carbocycles. The van der Waals surface area contributed by atoms with E-state index in [0.29, 0.717) is 18.8 Å². The predicted octanol–water partition coefficient (Wildman–Crippen LogP) is 1.60. The van der Waals surface area contributed by atoms with Gasteiger partial charge in [0.1, 0.15) is 10.6 Å². The van der Waals surface area contributed by atoms with E-state index >= 15 is 0 Å². The molecule has 1 aliphatic heterocycles. The summed E-state index contributed by atoms with van der Waals surface area (Å²) in [6.45, 7) is 2.86. The zero-order valence-electron chi connectivity index (χ0n) is 12.6. The first kappa shape index (κ1) is 16.7. The molecule has 1 atom stereocenters. The third-order valence-electron chi connectivity index (χ3n) is 4.12. The number of sulfone groups is 1. The van der Waals surface area contributed by atoms with Gasteiger partial charge < -0.3 is 10.0 Å². The van der Waals surface area contributed by atoms with E-state index < -0.39 is 20.9 Å². The van der Waals surface area contributed by atoms with Gasteiger partial charge in [0, 0.05) is 19.3 Å². The van der Waals surface area contributed by atoms with Crippen molar-refractivity contribution in [2.24, 2.45) is 5.92 Å². The van der Waals surface area contributed by atoms with Gasteiger partial charge in [0.15, 0.2) is 9.84 Å². The van der Waals surface area contributed by atoms with Crippen molar-refractivity contribution in [3.05, 3.63) is 28.3 Å². The molecule has 7 nitrogen and oxygen atoms in total. The van der Waals surface area contributed by atoms with Crippen molar-refractivity contribution in [1.82, 2.24) is 0 Å². The molecule has 0 radical (unpaired) electrons. The summed E-state index contributed by atoms with van der Waals surface area (Å²) in [5.41, 5.74) is -0.0301. The molecular formula is C14H20N2O5S. The summed E-state index contributed by atoms with van der Waals surface area (Å²) < 4.78 is 23.6. The quantitative estimate of drug-likeness (QED) is 0.665. The fourth-order valence-electron chi connectivity index (χ4n) is 2.87. The lowest BCUT2D eigenvalue weighted by molar-refractivity contribution is -0.387. The summed E-state index contributed by atoms with van der Waals surface area (Å²) in [6, 6.07) is 4.37. The van der Waals surface area contributed by atoms with Crippen LogP contribution >= 0.6 is 0 Å². The standard InChI is InChI=1S/C14H20N2O5S/c1-10(17)11-6-8-15(9-7-11)12-4-3-5-13(22(2,20)21)14(12)16(18)19/h3-5,10-11,17H,6-9H2,1-2H3. The number of rotatable bonds is 4. The van der Waals surface area contributed by atoms with E-state index in [-0.39, 0.29) is 16.5 Å². The number of aliphatic hydroxyl groups is 1. The fourth-order valence-corrected chi connectivity index (χ4v) is 3.73. The average Bonchev–Trinajstić information content (AvgIpc) is 2.45. The summed E-state index contributed by atoms with van der Waals surface area (Å²) in [5.74, 6) is 0.174. The molecule has 1 unspecified atom stereocenters. The molecule has 122 valence electrons. The van der Waals surface area contributed by atoms with Crippen LogP contribution in [0.3, 0.4) is 0 Å². The number of nitro benzene ring substituents is 1. The highest BCUT2D eigenvalue weighted by molar-refractivity contribution is 7.90. The monoisotopic (exact) mass is 328 g/mol. The van der Waals surface area contributed by atoms with E-state index in [1.54, 1.807) is 13.0 Å². The Morgan fingerprint density at radius 1 is 1.36 bits per heavy atom. The minimum atomic E-state index is -3.67. The molecule has 1 N–H and O–H groups in total. The summed E-state index contributed by atoms with van der Waals surface area (Å²) in [4.78, 5) is 12.3. The fraction of sp³-hybridized carbons (Fsp3) is 0.571. The van der Waals surface area contributed by atoms with Gasteiger partial charge in [-0.2, -0.15) is 0 Å². The maximum absolute atomic E-state index is 11.8. The van der Waals surface area contributed by atoms with Crippen molar-refractivity contribution in [1.29, 1.82) is 0 Å². The van der Waals surface area contributed by atoms with Gasteiger partial charge in [0.05, 0.1) is 11.0 Å². The van der Waals surface area contributed by atoms with Crippen molar-refractivity contribution in [2.75, 3.05) is 24.2 Å². The van der Waals surface area contributed by atoms with Crippen LogP contribution in [0.5, 0.6) is 0 Å². The number of nitro groups is 1. The van der Waals surface area contributed by atoms with Crippen molar-refractivity contribution in [3.8, 4) is 0 Å². The number of piperidine rings is 1. The van der Waals surface area contributed by atoms with Crippen molar-refractivity contribution in [3.63, 3.8) is 0 Å². The first-order valence-corrected chi connectivity index (χ1v) is 9.01. The van der Waals surface area contributed by atoms with Crippen molar-refractivity contribution in [2.45, 2.75) is 30.8 Å². The molecule has 0 aromatic heterocycles. The Labute approximate surface area is 129 Å². The van der Waals surface area contributed by atoms with Gasteiger partial charge in [-0.3, -0.25) is 10.1 Å². The average molecular weight is 328 g/mol. The van der Waals surface area contributed by atoms with Gasteiger partial charge in [0.25, 0.3) is 0 Å². The Balaban J connectivity index is 2.39. The largest absolute Gasteiger partial charge is 0.393 e. The zero-order chi connectivity index (χ0) is 16.5. The number of nitrogens with zero attached hydrogens (tertiary/aromatic N) is 2. The summed E-state index contributed by atoms with van der Waals surface area (Å²) >= 11 is 0. The van der Waals surface area contributed by atoms with Crippen LogP contribution in [0.25, 0.3) is 0 Å². The van der Waals surface area contributed by atoms with E-state index in [9.17, 15) is 23.6 Å². The lowest BCUT2D eigenvalue weighted by Crippen LogP contribution is -2.37. The molecule has 1 aliphatic rings. The number of benzene rings is 1. The van der Waals surface area contributed by atoms with E-state index in [1.807, 2.05) is 4.90 Å². The highest BCUT2D eigenvalue weighted by Gasteiger charge is 2.31. The van der Waals surface area contributed by atoms with Crippen LogP contribution in [-0.2, 0) is 9.84 Å². The summed E-state index contributed by atoms with van der Waals surface area (Å²) in [7, 11) is -3.67. The topological polar surface area (TPSA) is 101 Å². The second-order valence-electron chi connectivity index (χ2n) is 5.72. The number of hydrogen-bond donors (Lipinski definition) is 1. The predicted molar refractivity (Wildman–Crippen MR) is 82.8 cm³/mol. The minimum Gasteiger partial charge on any atom is -0.393 e. The minimum absolute atomic E-state index is 0.174. The lowest BCUT2D eigenvalue weighted by Gasteiger charge is -2.34. The molecule has 0 bridgehead atoms. The molecule has 1 fully saturated rings. The van der Waals surface area contributed by atoms with E-state index in [0.717, 1.165) is 19.1 Å². The van der Waals surface area contributed by atoms with Crippen LogP contribution < -0.4 is 4.90 Å². The molecule has 2 rings (SSSR count). The third kappa shape index (κ3) is 3.38. The second kappa shape index (κ2) is 6.21. The molecule has 0 spiro atoms. The molecule has 22 heavy (non-hydrogen) atoms. The van der Waals surface area contributed by atoms with Crippen LogP contribution in [0.4, 0.5) is 11.4 Å². The van der Waals surface area contributed by atoms with Gasteiger partial charge in [-0.05, 0) is 37.8 Å². The maximum atomic E-state index is 11.8. The SMILES string of the molecule is CC(O)C1CCN(c2cccc(S(C)(=O)=O)c2[N+](=O)[O-])CC1. The third-order valence-corrected chi connectivity index (χ3v) is 5.25. The maximum Gasteiger partial charge on any atom is 0.311 e. The number of aliphatic hydroxyl groups excluding tert-OH is 1. The van der Waals surface area contributed by atoms with Gasteiger partial charge in [-0.15, -0.1) is 0 Å². The Bertz CT molecular complexity index is 664. The van der Waals surface area contributed by atoms with Crippen molar-refractivity contribution < 1.29 is 18.4 Å². The molecule has 1 aromatic rings. The summed E-state index contributed by atoms with van der Waals surface area (Å²) in [5, 5.41) is 21.0. The molecule has 0 aliphatic carbocycles. The van der Waals surface area contributed by atoms with E-state index in [2.05, 4.69) is 0 Å². The van der Waals surface area contributed by atoms with Crippen LogP contribution in [0, 0.1) is 16.0 Å². The van der Waals surface area contributed by atoms with Crippen molar-refractivity contribution >= 4 is 21.2 Å². The highest BCUT2D eigenvalue weighted by atomic mass is 32.2. The molecule has 0 saturated carbocycles. The highest BCUT2D eigenvalue weighted by Crippen LogP contribution is 2.36. The van der Waals surface area contributed by atoms with Gasteiger partial charge in [-0.1, -0.05) is 6.07 Å². The molecular weight excluding hydrogens is 308 g/mol. The van der Waals surface area contributed by atoms with Crippen LogP contribution in [0.1, 0.15) is 19.8 Å². The van der Waals surface area contributed by atoms with Crippen LogP contribution in [0.2, 0.25) is 0 Å². The van der Waals surface area contributed by atoms with Gasteiger partial charge in [-0.25, -0.2) is 8.42 Å². The second-order valence-corrected chi connectivity index (χ2v) is 7.70. The molecule has 1 heterocycles. The van der Waals surface area contributed by atoms with Crippen LogP contribution in [0.15, 0.2) is 23.1 Å². The van der Waals surface area contributed by atoms with E-state index in [4.69, 9.17) is 0 Å². The molecule has 8 heteroatoms. The summed E-state index contributed by atoms with van der Waals surface area (Å²) in [6.07, 6.45) is 2.01. The Kier molecular flexibility index (Phi) is 4.72. The van der Waals surface area contributed by atoms with Crippen LogP contribution in [-0.4, -0.2) is 43.9 Å². The Morgan fingerprint density at radius 3 is 2.41 bits per heavy atom. The molecule has 1 saturated heterocycles. The molecule has 0 amide bonds. The van der Waals surface area contributed by atoms with Gasteiger partial charge in [0.2, 0.25) is 0 Å². The Morgan fingerprint density at radius 2 is 1.95 bits per heavy atom. The first-order chi connectivity index (χ1) is 10.2. The number of anilines is 1.